The molecule has 3 N–H and O–H groups in total. The van der Waals surface area contributed by atoms with Gasteiger partial charge in [0.2, 0.25) is 0 Å². The second-order valence-electron chi connectivity index (χ2n) is 3.65. The highest BCUT2D eigenvalue weighted by molar-refractivity contribution is 5.53. The normalized spacial score (nSPS) is 10.1. The number of rotatable bonds is 3. The third kappa shape index (κ3) is 2.54. The fourth-order valence-corrected chi connectivity index (χ4v) is 1.52. The fourth-order valence-electron chi connectivity index (χ4n) is 1.52. The monoisotopic (exact) mass is 232 g/mol. The summed E-state index contributed by atoms with van der Waals surface area (Å²) in [6, 6.07) is 11.6. The zero-order valence-electron chi connectivity index (χ0n) is 9.41. The number of nitrogens with two attached hydrogens (primary N) is 1. The van der Waals surface area contributed by atoms with Crippen LogP contribution in [0.15, 0.2) is 42.5 Å². The maximum atomic E-state index is 13.4. The molecule has 0 amide bonds. The number of para-hydroxylation sites is 1. The lowest BCUT2D eigenvalue weighted by Gasteiger charge is -2.09. The zero-order valence-corrected chi connectivity index (χ0v) is 9.41. The predicted octanol–water partition coefficient (Wildman–Crippen LogP) is 3.21. The van der Waals surface area contributed by atoms with Crippen LogP contribution in [0.25, 0.3) is 0 Å². The van der Waals surface area contributed by atoms with Crippen molar-refractivity contribution in [2.75, 3.05) is 5.43 Å². The van der Waals surface area contributed by atoms with E-state index in [-0.39, 0.29) is 11.6 Å². The number of nitrogen functional groups attached to an aromatic ring is 1. The Hall–Kier alpha value is -2.07. The van der Waals surface area contributed by atoms with Crippen molar-refractivity contribution in [1.82, 2.24) is 0 Å². The van der Waals surface area contributed by atoms with Crippen molar-refractivity contribution in [1.29, 1.82) is 0 Å². The molecule has 0 aliphatic rings. The van der Waals surface area contributed by atoms with E-state index in [2.05, 4.69) is 5.43 Å². The molecule has 0 aliphatic heterocycles. The Labute approximate surface area is 99.0 Å². The van der Waals surface area contributed by atoms with Gasteiger partial charge in [-0.2, -0.15) is 0 Å². The molecular formula is C13H13FN2O. The van der Waals surface area contributed by atoms with Crippen LogP contribution in [0.3, 0.4) is 0 Å². The van der Waals surface area contributed by atoms with Crippen LogP contribution < -0.4 is 16.0 Å². The summed E-state index contributed by atoms with van der Waals surface area (Å²) in [5.74, 6) is 5.73. The number of hydrazine groups is 1. The van der Waals surface area contributed by atoms with Crippen LogP contribution in [0.2, 0.25) is 0 Å². The summed E-state index contributed by atoms with van der Waals surface area (Å²) in [6.07, 6.45) is 0. The minimum Gasteiger partial charge on any atom is -0.454 e. The van der Waals surface area contributed by atoms with E-state index in [9.17, 15) is 4.39 Å². The molecule has 0 aromatic heterocycles. The van der Waals surface area contributed by atoms with Crippen molar-refractivity contribution >= 4 is 5.69 Å². The predicted molar refractivity (Wildman–Crippen MR) is 65.5 cm³/mol. The van der Waals surface area contributed by atoms with E-state index in [0.717, 1.165) is 11.3 Å². The first-order valence-electron chi connectivity index (χ1n) is 5.20. The minimum absolute atomic E-state index is 0.209. The molecule has 0 saturated carbocycles. The molecule has 2 aromatic carbocycles. The lowest BCUT2D eigenvalue weighted by atomic mass is 10.2. The van der Waals surface area contributed by atoms with Crippen LogP contribution in [-0.4, -0.2) is 0 Å². The molecule has 0 saturated heterocycles. The molecule has 0 bridgehead atoms. The number of hydrogen-bond acceptors (Lipinski definition) is 3. The Morgan fingerprint density at radius 2 is 1.94 bits per heavy atom. The smallest absolute Gasteiger partial charge is 0.165 e. The summed E-state index contributed by atoms with van der Waals surface area (Å²) in [5, 5.41) is 0. The van der Waals surface area contributed by atoms with E-state index >= 15 is 0 Å². The number of benzene rings is 2. The Kier molecular flexibility index (Phi) is 3.25. The highest BCUT2D eigenvalue weighted by atomic mass is 19.1. The van der Waals surface area contributed by atoms with E-state index in [4.69, 9.17) is 10.6 Å². The van der Waals surface area contributed by atoms with Crippen LogP contribution in [0.4, 0.5) is 10.1 Å². The summed E-state index contributed by atoms with van der Waals surface area (Å²) >= 11 is 0. The first kappa shape index (κ1) is 11.4. The van der Waals surface area contributed by atoms with Gasteiger partial charge in [-0.15, -0.1) is 0 Å². The Bertz CT molecular complexity index is 529. The molecule has 88 valence electrons. The number of nitrogens with one attached hydrogen (secondary N) is 1. The summed E-state index contributed by atoms with van der Waals surface area (Å²) in [5.41, 5.74) is 4.31. The molecule has 0 aliphatic carbocycles. The van der Waals surface area contributed by atoms with E-state index < -0.39 is 0 Å². The molecule has 3 nitrogen and oxygen atoms in total. The van der Waals surface area contributed by atoms with Gasteiger partial charge in [0, 0.05) is 0 Å². The summed E-state index contributed by atoms with van der Waals surface area (Å²) in [4.78, 5) is 0. The largest absolute Gasteiger partial charge is 0.454 e. The minimum atomic E-state index is -0.383. The number of anilines is 1. The molecule has 0 spiro atoms. The van der Waals surface area contributed by atoms with Crippen molar-refractivity contribution in [2.24, 2.45) is 5.84 Å². The lowest BCUT2D eigenvalue weighted by molar-refractivity contribution is 0.442. The number of hydrogen-bond donors (Lipinski definition) is 2. The van der Waals surface area contributed by atoms with Gasteiger partial charge in [-0.1, -0.05) is 12.1 Å². The number of aryl methyl sites for hydroxylation is 1. The van der Waals surface area contributed by atoms with E-state index in [0.29, 0.717) is 5.75 Å². The van der Waals surface area contributed by atoms with E-state index in [1.807, 2.05) is 6.92 Å². The molecule has 0 fully saturated rings. The Morgan fingerprint density at radius 1 is 1.18 bits per heavy atom. The maximum Gasteiger partial charge on any atom is 0.165 e. The third-order valence-corrected chi connectivity index (χ3v) is 2.42. The van der Waals surface area contributed by atoms with E-state index in [1.54, 1.807) is 36.4 Å². The second-order valence-corrected chi connectivity index (χ2v) is 3.65. The molecule has 2 aromatic rings. The van der Waals surface area contributed by atoms with Gasteiger partial charge in [0.1, 0.15) is 5.75 Å². The van der Waals surface area contributed by atoms with Crippen molar-refractivity contribution in [3.8, 4) is 11.5 Å². The van der Waals surface area contributed by atoms with Gasteiger partial charge in [-0.3, -0.25) is 5.84 Å². The zero-order chi connectivity index (χ0) is 12.3. The Balaban J connectivity index is 2.25. The average Bonchev–Trinajstić information content (AvgIpc) is 2.32. The second kappa shape index (κ2) is 4.84. The molecule has 17 heavy (non-hydrogen) atoms. The molecule has 0 heterocycles. The van der Waals surface area contributed by atoms with Crippen molar-refractivity contribution in [3.05, 3.63) is 53.8 Å². The van der Waals surface area contributed by atoms with Crippen LogP contribution >= 0.6 is 0 Å². The highest BCUT2D eigenvalue weighted by Crippen LogP contribution is 2.27. The SMILES string of the molecule is Cc1cc(Oc2ccccc2F)ccc1NN. The maximum absolute atomic E-state index is 13.4. The van der Waals surface area contributed by atoms with Crippen molar-refractivity contribution < 1.29 is 9.13 Å². The quantitative estimate of drug-likeness (QED) is 0.631. The van der Waals surface area contributed by atoms with Gasteiger partial charge in [-0.25, -0.2) is 4.39 Å². The molecule has 0 atom stereocenters. The van der Waals surface area contributed by atoms with Gasteiger partial charge in [0.05, 0.1) is 5.69 Å². The van der Waals surface area contributed by atoms with Gasteiger partial charge in [0.15, 0.2) is 11.6 Å². The van der Waals surface area contributed by atoms with Gasteiger partial charge in [0.25, 0.3) is 0 Å². The summed E-state index contributed by atoms with van der Waals surface area (Å²) in [6.45, 7) is 1.89. The Morgan fingerprint density at radius 3 is 2.59 bits per heavy atom. The first-order valence-corrected chi connectivity index (χ1v) is 5.20. The van der Waals surface area contributed by atoms with Crippen LogP contribution in [0, 0.1) is 12.7 Å². The van der Waals surface area contributed by atoms with Crippen LogP contribution in [-0.2, 0) is 0 Å². The van der Waals surface area contributed by atoms with Crippen LogP contribution in [0.1, 0.15) is 5.56 Å². The van der Waals surface area contributed by atoms with Crippen molar-refractivity contribution in [3.63, 3.8) is 0 Å². The van der Waals surface area contributed by atoms with E-state index in [1.165, 1.54) is 6.07 Å². The summed E-state index contributed by atoms with van der Waals surface area (Å²) in [7, 11) is 0. The first-order chi connectivity index (χ1) is 8.20. The van der Waals surface area contributed by atoms with Crippen molar-refractivity contribution in [2.45, 2.75) is 6.92 Å². The lowest BCUT2D eigenvalue weighted by Crippen LogP contribution is -2.07. The third-order valence-electron chi connectivity index (χ3n) is 2.42. The summed E-state index contributed by atoms with van der Waals surface area (Å²) < 4.78 is 18.8. The van der Waals surface area contributed by atoms with Crippen LogP contribution in [0.5, 0.6) is 11.5 Å². The topological polar surface area (TPSA) is 47.3 Å². The fraction of sp³-hybridized carbons (Fsp3) is 0.0769. The number of halogens is 1. The molecular weight excluding hydrogens is 219 g/mol. The van der Waals surface area contributed by atoms with Gasteiger partial charge in [-0.05, 0) is 42.8 Å². The van der Waals surface area contributed by atoms with Gasteiger partial charge < -0.3 is 10.2 Å². The highest BCUT2D eigenvalue weighted by Gasteiger charge is 2.04. The molecule has 0 radical (unpaired) electrons. The molecule has 0 unspecified atom stereocenters. The average molecular weight is 232 g/mol. The molecule has 4 heteroatoms. The standard InChI is InChI=1S/C13H13FN2O/c1-9-8-10(6-7-12(9)16-15)17-13-5-3-2-4-11(13)14/h2-8,16H,15H2,1H3. The number of ether oxygens (including phenoxy) is 1. The molecule has 2 rings (SSSR count). The van der Waals surface area contributed by atoms with Gasteiger partial charge >= 0.3 is 0 Å².